The molecule has 0 radical (unpaired) electrons. The Morgan fingerprint density at radius 1 is 1.50 bits per heavy atom. The van der Waals surface area contributed by atoms with Crippen LogP contribution in [0.2, 0.25) is 0 Å². The van der Waals surface area contributed by atoms with Crippen molar-refractivity contribution >= 4 is 5.71 Å². The molecule has 2 heteroatoms. The van der Waals surface area contributed by atoms with Gasteiger partial charge in [0.1, 0.15) is 0 Å². The van der Waals surface area contributed by atoms with Gasteiger partial charge in [0.25, 0.3) is 0 Å². The van der Waals surface area contributed by atoms with Crippen molar-refractivity contribution < 1.29 is 10.4 Å². The predicted octanol–water partition coefficient (Wildman–Crippen LogP) is -0.427. The molecule has 0 bridgehead atoms. The molecule has 0 saturated heterocycles. The zero-order valence-electron chi connectivity index (χ0n) is 3.45. The van der Waals surface area contributed by atoms with Gasteiger partial charge in [-0.15, -0.1) is 0 Å². The molecule has 0 unspecified atom stereocenters. The summed E-state index contributed by atoms with van der Waals surface area (Å²) in [5.41, 5.74) is 0.810. The van der Waals surface area contributed by atoms with Crippen molar-refractivity contribution in [3.8, 4) is 0 Å². The fraction of sp³-hybridized carbons (Fsp3) is 0.750. The highest BCUT2D eigenvalue weighted by molar-refractivity contribution is 5.72. The smallest absolute Gasteiger partial charge is 0.195 e. The van der Waals surface area contributed by atoms with Crippen molar-refractivity contribution in [1.29, 1.82) is 0 Å². The summed E-state index contributed by atoms with van der Waals surface area (Å²) in [7, 11) is 0. The van der Waals surface area contributed by atoms with Crippen LogP contribution in [0, 0.1) is 0 Å². The van der Waals surface area contributed by atoms with E-state index in [1.165, 1.54) is 0 Å². The van der Waals surface area contributed by atoms with Crippen LogP contribution in [-0.4, -0.2) is 10.9 Å². The Hall–Kier alpha value is -0.530. The highest BCUT2D eigenvalue weighted by Crippen LogP contribution is 1.44. The number of nitrogens with one attached hydrogen (secondary N) is 1. The third-order valence-electron chi connectivity index (χ3n) is 0.224. The maximum atomic E-state index is 7.86. The standard InChI is InChI=1S/C3H7NO.CH4/c1-3(2)4-5;/h5H,1-2H3;1H4/p+1. The molecule has 38 valence electrons. The fourth-order valence-corrected chi connectivity index (χ4v) is 0. The third kappa shape index (κ3) is 9.80. The summed E-state index contributed by atoms with van der Waals surface area (Å²) in [6, 6.07) is 0. The highest BCUT2D eigenvalue weighted by Gasteiger charge is 1.74. The van der Waals surface area contributed by atoms with E-state index in [-0.39, 0.29) is 7.43 Å². The van der Waals surface area contributed by atoms with Crippen LogP contribution >= 0.6 is 0 Å². The zero-order valence-corrected chi connectivity index (χ0v) is 3.45. The van der Waals surface area contributed by atoms with Crippen molar-refractivity contribution in [2.24, 2.45) is 0 Å². The number of hydrogen-bond donors (Lipinski definition) is 2. The van der Waals surface area contributed by atoms with Gasteiger partial charge in [-0.1, -0.05) is 7.43 Å². The molecule has 6 heavy (non-hydrogen) atoms. The van der Waals surface area contributed by atoms with Gasteiger partial charge in [-0.2, -0.15) is 0 Å². The molecule has 0 aromatic rings. The van der Waals surface area contributed by atoms with Crippen LogP contribution in [0.5, 0.6) is 0 Å². The minimum Gasteiger partial charge on any atom is -0.293 e. The van der Waals surface area contributed by atoms with Gasteiger partial charge in [0.05, 0.1) is 0 Å². The maximum Gasteiger partial charge on any atom is 0.195 e. The Morgan fingerprint density at radius 2 is 1.67 bits per heavy atom. The lowest BCUT2D eigenvalue weighted by molar-refractivity contribution is -0.738. The monoisotopic (exact) mass is 90.1 g/mol. The topological polar surface area (TPSA) is 34.2 Å². The van der Waals surface area contributed by atoms with E-state index in [0.717, 1.165) is 5.71 Å². The fourth-order valence-electron chi connectivity index (χ4n) is 0. The van der Waals surface area contributed by atoms with Gasteiger partial charge in [0, 0.05) is 13.8 Å². The Bertz CT molecular complexity index is 45.5. The highest BCUT2D eigenvalue weighted by atomic mass is 16.4. The molecule has 0 heterocycles. The van der Waals surface area contributed by atoms with Crippen molar-refractivity contribution in [3.05, 3.63) is 0 Å². The molecule has 0 saturated carbocycles. The van der Waals surface area contributed by atoms with Crippen LogP contribution in [0.4, 0.5) is 0 Å². The van der Waals surface area contributed by atoms with E-state index in [2.05, 4.69) is 0 Å². The first-order valence-corrected chi connectivity index (χ1v) is 1.47. The second-order valence-corrected chi connectivity index (χ2v) is 1.11. The van der Waals surface area contributed by atoms with Gasteiger partial charge in [0.2, 0.25) is 0 Å². The summed E-state index contributed by atoms with van der Waals surface area (Å²) in [4.78, 5) is 0. The number of hydrogen-bond acceptors (Lipinski definition) is 1. The lowest BCUT2D eigenvalue weighted by Gasteiger charge is -1.62. The Balaban J connectivity index is 0. The Morgan fingerprint density at radius 3 is 1.67 bits per heavy atom. The van der Waals surface area contributed by atoms with Crippen molar-refractivity contribution in [2.75, 3.05) is 0 Å². The van der Waals surface area contributed by atoms with Crippen LogP contribution in [0.25, 0.3) is 0 Å². The van der Waals surface area contributed by atoms with E-state index in [0.29, 0.717) is 0 Å². The minimum absolute atomic E-state index is 0. The van der Waals surface area contributed by atoms with Gasteiger partial charge < -0.3 is 0 Å². The molecule has 0 aliphatic heterocycles. The maximum absolute atomic E-state index is 7.86. The summed E-state index contributed by atoms with van der Waals surface area (Å²) < 4.78 is 0. The molecule has 0 aromatic carbocycles. The summed E-state index contributed by atoms with van der Waals surface area (Å²) in [6.07, 6.45) is 0. The Labute approximate surface area is 38.5 Å². The molecule has 2 N–H and O–H groups in total. The lowest BCUT2D eigenvalue weighted by atomic mass is 10.5. The van der Waals surface area contributed by atoms with Crippen LogP contribution in [-0.2, 0) is 0 Å². The quantitative estimate of drug-likeness (QED) is 0.236. The largest absolute Gasteiger partial charge is 0.293 e. The third-order valence-corrected chi connectivity index (χ3v) is 0.224. The van der Waals surface area contributed by atoms with Gasteiger partial charge in [-0.25, -0.2) is 0 Å². The van der Waals surface area contributed by atoms with E-state index >= 15 is 0 Å². The zero-order chi connectivity index (χ0) is 4.28. The van der Waals surface area contributed by atoms with E-state index in [4.69, 9.17) is 5.21 Å². The van der Waals surface area contributed by atoms with Gasteiger partial charge in [-0.05, 0) is 5.16 Å². The predicted molar refractivity (Wildman–Crippen MR) is 25.8 cm³/mol. The van der Waals surface area contributed by atoms with Gasteiger partial charge in [0.15, 0.2) is 5.71 Å². The molecule has 2 nitrogen and oxygen atoms in total. The SMILES string of the molecule is C.CC(C)=[NH+]O. The molecule has 0 spiro atoms. The normalized spacial score (nSPS) is 5.67. The molecule has 0 fully saturated rings. The van der Waals surface area contributed by atoms with E-state index in [9.17, 15) is 0 Å². The molecule has 0 aliphatic rings. The molecule has 0 rings (SSSR count). The Kier molecular flexibility index (Phi) is 6.76. The molecule has 0 amide bonds. The molecule has 0 aliphatic carbocycles. The summed E-state index contributed by atoms with van der Waals surface area (Å²) >= 11 is 0. The molecule has 0 aromatic heterocycles. The summed E-state index contributed by atoms with van der Waals surface area (Å²) in [5.74, 6) is 0. The van der Waals surface area contributed by atoms with E-state index in [1.54, 1.807) is 13.8 Å². The van der Waals surface area contributed by atoms with Gasteiger partial charge in [-0.3, -0.25) is 5.21 Å². The molecular formula is C4H12NO+. The molecular weight excluding hydrogens is 78.0 g/mol. The summed E-state index contributed by atoms with van der Waals surface area (Å²) in [5, 5.41) is 9.80. The van der Waals surface area contributed by atoms with Gasteiger partial charge >= 0.3 is 0 Å². The van der Waals surface area contributed by atoms with Crippen LogP contribution in [0.3, 0.4) is 0 Å². The first kappa shape index (κ1) is 9.08. The second kappa shape index (κ2) is 4.47. The van der Waals surface area contributed by atoms with Crippen LogP contribution < -0.4 is 5.16 Å². The average molecular weight is 90.1 g/mol. The second-order valence-electron chi connectivity index (χ2n) is 1.11. The van der Waals surface area contributed by atoms with E-state index in [1.807, 2.05) is 5.16 Å². The van der Waals surface area contributed by atoms with Crippen LogP contribution in [0.1, 0.15) is 21.3 Å². The molecule has 0 atom stereocenters. The lowest BCUT2D eigenvalue weighted by Crippen LogP contribution is -2.67. The first-order valence-electron chi connectivity index (χ1n) is 1.47. The summed E-state index contributed by atoms with van der Waals surface area (Å²) in [6.45, 7) is 3.56. The van der Waals surface area contributed by atoms with Crippen molar-refractivity contribution in [3.63, 3.8) is 0 Å². The van der Waals surface area contributed by atoms with Crippen LogP contribution in [0.15, 0.2) is 0 Å². The minimum atomic E-state index is 0. The first-order chi connectivity index (χ1) is 2.27. The number of rotatable bonds is 0. The van der Waals surface area contributed by atoms with E-state index < -0.39 is 0 Å². The average Bonchev–Trinajstić information content (AvgIpc) is 1.38. The van der Waals surface area contributed by atoms with Crippen molar-refractivity contribution in [2.45, 2.75) is 21.3 Å². The van der Waals surface area contributed by atoms with Crippen molar-refractivity contribution in [1.82, 2.24) is 0 Å².